The number of benzene rings is 3. The van der Waals surface area contributed by atoms with E-state index in [1.807, 2.05) is 60.7 Å². The largest absolute Gasteiger partial charge is 0.269 e. The molecule has 0 amide bonds. The van der Waals surface area contributed by atoms with Crippen molar-refractivity contribution in [2.45, 2.75) is 24.8 Å². The fraction of sp³-hybridized carbons (Fsp3) is 0.125. The molecule has 8 nitrogen and oxygen atoms in total. The van der Waals surface area contributed by atoms with Gasteiger partial charge < -0.3 is 0 Å². The molecule has 3 aromatic carbocycles. The Hall–Kier alpha value is -3.98. The number of hydrogen-bond acceptors (Lipinski definition) is 6. The first kappa shape index (κ1) is 20.9. The Kier molecular flexibility index (Phi) is 5.18. The molecule has 0 fully saturated rings. The zero-order valence-corrected chi connectivity index (χ0v) is 18.7. The Morgan fingerprint density at radius 3 is 2.45 bits per heavy atom. The van der Waals surface area contributed by atoms with Crippen LogP contribution in [0.3, 0.4) is 0 Å². The minimum atomic E-state index is -0.405. The van der Waals surface area contributed by atoms with Crippen LogP contribution >= 0.6 is 11.8 Å². The van der Waals surface area contributed by atoms with E-state index in [1.54, 1.807) is 22.8 Å². The summed E-state index contributed by atoms with van der Waals surface area (Å²) in [5, 5.41) is 21.1. The van der Waals surface area contributed by atoms with Crippen molar-refractivity contribution in [3.05, 3.63) is 104 Å². The molecule has 33 heavy (non-hydrogen) atoms. The second-order valence-electron chi connectivity index (χ2n) is 7.73. The van der Waals surface area contributed by atoms with Crippen molar-refractivity contribution in [2.24, 2.45) is 0 Å². The normalized spacial score (nSPS) is 11.3. The maximum Gasteiger partial charge on any atom is 0.269 e. The van der Waals surface area contributed by atoms with Crippen molar-refractivity contribution in [1.82, 2.24) is 19.2 Å². The van der Waals surface area contributed by atoms with Crippen LogP contribution in [-0.2, 0) is 5.75 Å². The Bertz CT molecular complexity index is 1590. The van der Waals surface area contributed by atoms with Gasteiger partial charge in [-0.25, -0.2) is 4.57 Å². The lowest BCUT2D eigenvalue weighted by Crippen LogP contribution is -2.23. The monoisotopic (exact) mass is 457 g/mol. The van der Waals surface area contributed by atoms with Crippen LogP contribution in [0.15, 0.2) is 76.7 Å². The van der Waals surface area contributed by atoms with Crippen molar-refractivity contribution in [1.29, 1.82) is 0 Å². The summed E-state index contributed by atoms with van der Waals surface area (Å²) >= 11 is 1.41. The SMILES string of the molecule is Cc1cccc(C)c1-n1c(=O)c2ccccc2n2c(SCc3cccc([N+](=O)[O-])c3)nnc12. The number of thioether (sulfide) groups is 1. The smallest absolute Gasteiger partial charge is 0.268 e. The molecule has 0 unspecified atom stereocenters. The van der Waals surface area contributed by atoms with Gasteiger partial charge in [0.15, 0.2) is 5.16 Å². The van der Waals surface area contributed by atoms with E-state index in [2.05, 4.69) is 10.2 Å². The van der Waals surface area contributed by atoms with Crippen molar-refractivity contribution in [3.8, 4) is 5.69 Å². The molecule has 5 aromatic rings. The Morgan fingerprint density at radius 2 is 1.70 bits per heavy atom. The van der Waals surface area contributed by atoms with Crippen LogP contribution in [0, 0.1) is 24.0 Å². The predicted octanol–water partition coefficient (Wildman–Crippen LogP) is 4.85. The fourth-order valence-electron chi connectivity index (χ4n) is 4.04. The van der Waals surface area contributed by atoms with Gasteiger partial charge in [-0.15, -0.1) is 10.2 Å². The van der Waals surface area contributed by atoms with Gasteiger partial charge in [0.25, 0.3) is 11.2 Å². The molecule has 0 aliphatic heterocycles. The van der Waals surface area contributed by atoms with Gasteiger partial charge in [0.05, 0.1) is 21.5 Å². The maximum atomic E-state index is 13.5. The van der Waals surface area contributed by atoms with Crippen LogP contribution in [0.5, 0.6) is 0 Å². The van der Waals surface area contributed by atoms with E-state index in [4.69, 9.17) is 0 Å². The molecule has 2 aromatic heterocycles. The van der Waals surface area contributed by atoms with Crippen LogP contribution < -0.4 is 5.56 Å². The number of aryl methyl sites for hydroxylation is 2. The third-order valence-electron chi connectivity index (χ3n) is 5.55. The topological polar surface area (TPSA) is 95.3 Å². The maximum absolute atomic E-state index is 13.5. The lowest BCUT2D eigenvalue weighted by Gasteiger charge is -2.15. The molecule has 0 bridgehead atoms. The number of para-hydroxylation sites is 2. The fourth-order valence-corrected chi connectivity index (χ4v) is 4.92. The molecule has 0 spiro atoms. The van der Waals surface area contributed by atoms with Crippen molar-refractivity contribution < 1.29 is 4.92 Å². The van der Waals surface area contributed by atoms with E-state index in [9.17, 15) is 14.9 Å². The number of non-ortho nitro benzene ring substituents is 1. The van der Waals surface area contributed by atoms with Gasteiger partial charge in [-0.3, -0.25) is 19.3 Å². The zero-order chi connectivity index (χ0) is 23.1. The number of nitro benzene ring substituents is 1. The van der Waals surface area contributed by atoms with Gasteiger partial charge in [-0.1, -0.05) is 54.2 Å². The first-order valence-electron chi connectivity index (χ1n) is 10.3. The Balaban J connectivity index is 1.70. The number of fused-ring (bicyclic) bond motifs is 3. The zero-order valence-electron chi connectivity index (χ0n) is 17.9. The summed E-state index contributed by atoms with van der Waals surface area (Å²) in [6.07, 6.45) is 0. The van der Waals surface area contributed by atoms with Crippen molar-refractivity contribution >= 4 is 34.1 Å². The van der Waals surface area contributed by atoms with Gasteiger partial charge in [0.2, 0.25) is 5.78 Å². The lowest BCUT2D eigenvalue weighted by molar-refractivity contribution is -0.384. The number of hydrogen-bond donors (Lipinski definition) is 0. The summed E-state index contributed by atoms with van der Waals surface area (Å²) in [4.78, 5) is 24.2. The minimum Gasteiger partial charge on any atom is -0.268 e. The first-order chi connectivity index (χ1) is 16.0. The molecule has 0 aliphatic rings. The molecular weight excluding hydrogens is 438 g/mol. The highest BCUT2D eigenvalue weighted by Gasteiger charge is 2.20. The summed E-state index contributed by atoms with van der Waals surface area (Å²) in [5.74, 6) is 0.900. The van der Waals surface area contributed by atoms with E-state index < -0.39 is 4.92 Å². The van der Waals surface area contributed by atoms with Crippen LogP contribution in [0.25, 0.3) is 22.4 Å². The van der Waals surface area contributed by atoms with E-state index in [0.717, 1.165) is 22.4 Å². The number of nitrogens with zero attached hydrogens (tertiary/aromatic N) is 5. The van der Waals surface area contributed by atoms with Crippen molar-refractivity contribution in [2.75, 3.05) is 0 Å². The number of rotatable bonds is 5. The highest BCUT2D eigenvalue weighted by Crippen LogP contribution is 2.28. The summed E-state index contributed by atoms with van der Waals surface area (Å²) in [5.41, 5.74) is 4.13. The highest BCUT2D eigenvalue weighted by molar-refractivity contribution is 7.98. The molecule has 0 atom stereocenters. The lowest BCUT2D eigenvalue weighted by atomic mass is 10.1. The number of aromatic nitrogens is 4. The van der Waals surface area contributed by atoms with Crippen LogP contribution in [0.2, 0.25) is 0 Å². The molecule has 0 saturated carbocycles. The second kappa shape index (κ2) is 8.18. The van der Waals surface area contributed by atoms with Crippen molar-refractivity contribution in [3.63, 3.8) is 0 Å². The molecule has 5 rings (SSSR count). The third kappa shape index (κ3) is 3.56. The standard InChI is InChI=1S/C24H19N5O3S/c1-15-7-5-8-16(2)21(15)28-22(30)19-11-3-4-12-20(19)27-23(28)25-26-24(27)33-14-17-9-6-10-18(13-17)29(31)32/h3-13H,14H2,1-2H3. The highest BCUT2D eigenvalue weighted by atomic mass is 32.2. The van der Waals surface area contributed by atoms with E-state index >= 15 is 0 Å². The average molecular weight is 458 g/mol. The van der Waals surface area contributed by atoms with Gasteiger partial charge >= 0.3 is 0 Å². The van der Waals surface area contributed by atoms with Crippen LogP contribution in [0.4, 0.5) is 5.69 Å². The molecule has 9 heteroatoms. The number of nitro groups is 1. The van der Waals surface area contributed by atoms with E-state index in [1.165, 1.54) is 17.8 Å². The minimum absolute atomic E-state index is 0.0496. The third-order valence-corrected chi connectivity index (χ3v) is 6.55. The van der Waals surface area contributed by atoms with Crippen LogP contribution in [-0.4, -0.2) is 24.1 Å². The summed E-state index contributed by atoms with van der Waals surface area (Å²) in [6.45, 7) is 3.93. The Labute approximate surface area is 192 Å². The summed E-state index contributed by atoms with van der Waals surface area (Å²) < 4.78 is 3.50. The van der Waals surface area contributed by atoms with Gasteiger partial charge in [0.1, 0.15) is 0 Å². The second-order valence-corrected chi connectivity index (χ2v) is 8.67. The summed E-state index contributed by atoms with van der Waals surface area (Å²) in [6, 6.07) is 19.8. The first-order valence-corrected chi connectivity index (χ1v) is 11.3. The quantitative estimate of drug-likeness (QED) is 0.213. The van der Waals surface area contributed by atoms with E-state index in [0.29, 0.717) is 27.6 Å². The molecule has 0 saturated heterocycles. The average Bonchev–Trinajstić information content (AvgIpc) is 3.23. The molecule has 0 radical (unpaired) electrons. The van der Waals surface area contributed by atoms with E-state index in [-0.39, 0.29) is 11.2 Å². The Morgan fingerprint density at radius 1 is 0.970 bits per heavy atom. The summed E-state index contributed by atoms with van der Waals surface area (Å²) in [7, 11) is 0. The van der Waals surface area contributed by atoms with Gasteiger partial charge in [-0.05, 0) is 42.7 Å². The predicted molar refractivity (Wildman–Crippen MR) is 128 cm³/mol. The van der Waals surface area contributed by atoms with Gasteiger partial charge in [-0.2, -0.15) is 0 Å². The van der Waals surface area contributed by atoms with Gasteiger partial charge in [0, 0.05) is 17.9 Å². The molecule has 164 valence electrons. The van der Waals surface area contributed by atoms with Crippen LogP contribution in [0.1, 0.15) is 16.7 Å². The molecule has 0 N–H and O–H groups in total. The molecule has 2 heterocycles. The molecular formula is C24H19N5O3S. The molecule has 0 aliphatic carbocycles.